The molecular formula is C28H33FN2O3S2. The van der Waals surface area contributed by atoms with Crippen LogP contribution in [0.5, 0.6) is 0 Å². The van der Waals surface area contributed by atoms with Gasteiger partial charge in [-0.2, -0.15) is 4.31 Å². The lowest BCUT2D eigenvalue weighted by Gasteiger charge is -2.34. The van der Waals surface area contributed by atoms with Gasteiger partial charge in [0, 0.05) is 17.5 Å². The molecule has 0 saturated heterocycles. The molecule has 1 saturated carbocycles. The molecule has 0 atom stereocenters. The van der Waals surface area contributed by atoms with E-state index in [1.807, 2.05) is 25.3 Å². The summed E-state index contributed by atoms with van der Waals surface area (Å²) in [4.78, 5) is 16.7. The summed E-state index contributed by atoms with van der Waals surface area (Å²) in [6, 6.07) is 14.7. The van der Waals surface area contributed by atoms with Crippen LogP contribution in [0.3, 0.4) is 0 Å². The number of carbonyl (C=O) groups is 1. The highest BCUT2D eigenvalue weighted by Crippen LogP contribution is 2.29. The SMILES string of the molecule is Cc1ccc(S(=O)(=O)N(CC(=O)N(Cc2ccc(F)cc2)Cc2sccc2C)C2CCCCC2)cc1. The fourth-order valence-corrected chi connectivity index (χ4v) is 7.20. The van der Waals surface area contributed by atoms with E-state index in [1.165, 1.54) is 16.4 Å². The number of sulfonamides is 1. The van der Waals surface area contributed by atoms with Crippen LogP contribution in [0.4, 0.5) is 4.39 Å². The molecular weight excluding hydrogens is 495 g/mol. The summed E-state index contributed by atoms with van der Waals surface area (Å²) in [5.74, 6) is -0.591. The van der Waals surface area contributed by atoms with E-state index in [2.05, 4.69) is 0 Å². The second kappa shape index (κ2) is 11.7. The van der Waals surface area contributed by atoms with Crippen molar-refractivity contribution in [2.24, 2.45) is 0 Å². The van der Waals surface area contributed by atoms with E-state index in [9.17, 15) is 17.6 Å². The molecule has 5 nitrogen and oxygen atoms in total. The molecule has 0 unspecified atom stereocenters. The zero-order valence-corrected chi connectivity index (χ0v) is 22.5. The van der Waals surface area contributed by atoms with Gasteiger partial charge in [0.1, 0.15) is 5.82 Å². The summed E-state index contributed by atoms with van der Waals surface area (Å²) in [5.41, 5.74) is 2.86. The Kier molecular flexibility index (Phi) is 8.59. The number of nitrogens with zero attached hydrogens (tertiary/aromatic N) is 2. The van der Waals surface area contributed by atoms with Crippen molar-refractivity contribution < 1.29 is 17.6 Å². The van der Waals surface area contributed by atoms with E-state index in [1.54, 1.807) is 52.6 Å². The maximum atomic E-state index is 13.8. The summed E-state index contributed by atoms with van der Waals surface area (Å²) < 4.78 is 42.5. The van der Waals surface area contributed by atoms with Crippen molar-refractivity contribution in [2.75, 3.05) is 6.54 Å². The highest BCUT2D eigenvalue weighted by Gasteiger charge is 2.35. The zero-order valence-electron chi connectivity index (χ0n) is 20.8. The van der Waals surface area contributed by atoms with Gasteiger partial charge in [0.25, 0.3) is 0 Å². The number of hydrogen-bond acceptors (Lipinski definition) is 4. The van der Waals surface area contributed by atoms with Gasteiger partial charge in [-0.15, -0.1) is 11.3 Å². The van der Waals surface area contributed by atoms with Crippen LogP contribution in [0.15, 0.2) is 64.9 Å². The van der Waals surface area contributed by atoms with Crippen molar-refractivity contribution >= 4 is 27.3 Å². The lowest BCUT2D eigenvalue weighted by atomic mass is 9.95. The minimum absolute atomic E-state index is 0.204. The molecule has 36 heavy (non-hydrogen) atoms. The number of hydrogen-bond donors (Lipinski definition) is 0. The minimum Gasteiger partial charge on any atom is -0.332 e. The number of rotatable bonds is 9. The van der Waals surface area contributed by atoms with Gasteiger partial charge in [0.15, 0.2) is 0 Å². The number of aryl methyl sites for hydroxylation is 2. The van der Waals surface area contributed by atoms with Crippen molar-refractivity contribution in [3.8, 4) is 0 Å². The van der Waals surface area contributed by atoms with Crippen LogP contribution in [0, 0.1) is 19.7 Å². The average Bonchev–Trinajstić information content (AvgIpc) is 3.28. The lowest BCUT2D eigenvalue weighted by Crippen LogP contribution is -2.47. The monoisotopic (exact) mass is 528 g/mol. The van der Waals surface area contributed by atoms with Gasteiger partial charge < -0.3 is 4.90 Å². The maximum Gasteiger partial charge on any atom is 0.243 e. The Bertz CT molecular complexity index is 1260. The molecule has 0 bridgehead atoms. The molecule has 0 spiro atoms. The Labute approximate surface area is 217 Å². The molecule has 1 aliphatic rings. The Hall–Kier alpha value is -2.55. The van der Waals surface area contributed by atoms with Crippen LogP contribution < -0.4 is 0 Å². The smallest absolute Gasteiger partial charge is 0.243 e. The molecule has 1 aromatic heterocycles. The number of benzene rings is 2. The molecule has 0 N–H and O–H groups in total. The first-order chi connectivity index (χ1) is 17.2. The summed E-state index contributed by atoms with van der Waals surface area (Å²) in [6.45, 7) is 4.36. The first-order valence-electron chi connectivity index (χ1n) is 12.4. The number of carbonyl (C=O) groups excluding carboxylic acids is 1. The van der Waals surface area contributed by atoms with Crippen LogP contribution >= 0.6 is 11.3 Å². The van der Waals surface area contributed by atoms with Crippen molar-refractivity contribution in [1.82, 2.24) is 9.21 Å². The minimum atomic E-state index is -3.86. The van der Waals surface area contributed by atoms with Gasteiger partial charge in [-0.1, -0.05) is 49.1 Å². The molecule has 1 fully saturated rings. The third-order valence-corrected chi connectivity index (χ3v) is 9.76. The van der Waals surface area contributed by atoms with E-state index >= 15 is 0 Å². The van der Waals surface area contributed by atoms with Gasteiger partial charge >= 0.3 is 0 Å². The summed E-state index contributed by atoms with van der Waals surface area (Å²) >= 11 is 1.57. The van der Waals surface area contributed by atoms with Crippen LogP contribution in [0.2, 0.25) is 0 Å². The molecule has 3 aromatic rings. The summed E-state index contributed by atoms with van der Waals surface area (Å²) in [7, 11) is -3.86. The molecule has 1 aliphatic carbocycles. The highest BCUT2D eigenvalue weighted by molar-refractivity contribution is 7.89. The fraction of sp³-hybridized carbons (Fsp3) is 0.393. The van der Waals surface area contributed by atoms with Gasteiger partial charge in [-0.3, -0.25) is 4.79 Å². The number of amides is 1. The van der Waals surface area contributed by atoms with Crippen molar-refractivity contribution in [1.29, 1.82) is 0 Å². The molecule has 1 heterocycles. The van der Waals surface area contributed by atoms with Gasteiger partial charge in [-0.25, -0.2) is 12.8 Å². The Balaban J connectivity index is 1.64. The molecule has 1 amide bonds. The highest BCUT2D eigenvalue weighted by atomic mass is 32.2. The Morgan fingerprint density at radius 3 is 2.22 bits per heavy atom. The van der Waals surface area contributed by atoms with E-state index in [0.717, 1.165) is 53.7 Å². The predicted octanol–water partition coefficient (Wildman–Crippen LogP) is 6.06. The fourth-order valence-electron chi connectivity index (χ4n) is 4.64. The Morgan fingerprint density at radius 1 is 0.944 bits per heavy atom. The largest absolute Gasteiger partial charge is 0.332 e. The molecule has 4 rings (SSSR count). The molecule has 2 aromatic carbocycles. The van der Waals surface area contributed by atoms with Crippen LogP contribution in [0.1, 0.15) is 53.7 Å². The predicted molar refractivity (Wildman–Crippen MR) is 142 cm³/mol. The van der Waals surface area contributed by atoms with E-state index in [4.69, 9.17) is 0 Å². The normalized spacial score (nSPS) is 14.8. The lowest BCUT2D eigenvalue weighted by molar-refractivity contribution is -0.133. The second-order valence-electron chi connectivity index (χ2n) is 9.56. The van der Waals surface area contributed by atoms with Gasteiger partial charge in [0.05, 0.1) is 18.0 Å². The second-order valence-corrected chi connectivity index (χ2v) is 12.4. The van der Waals surface area contributed by atoms with Crippen molar-refractivity contribution in [3.63, 3.8) is 0 Å². The van der Waals surface area contributed by atoms with Crippen molar-refractivity contribution in [2.45, 2.75) is 70.0 Å². The first kappa shape index (κ1) is 26.5. The average molecular weight is 529 g/mol. The third kappa shape index (κ3) is 6.41. The first-order valence-corrected chi connectivity index (χ1v) is 14.7. The van der Waals surface area contributed by atoms with E-state index in [-0.39, 0.29) is 35.8 Å². The van der Waals surface area contributed by atoms with Crippen LogP contribution in [-0.2, 0) is 27.9 Å². The van der Waals surface area contributed by atoms with E-state index in [0.29, 0.717) is 6.54 Å². The summed E-state index contributed by atoms with van der Waals surface area (Å²) in [5, 5.41) is 1.99. The maximum absolute atomic E-state index is 13.8. The Morgan fingerprint density at radius 2 is 1.61 bits per heavy atom. The van der Waals surface area contributed by atoms with Gasteiger partial charge in [0.2, 0.25) is 15.9 Å². The molecule has 0 aliphatic heterocycles. The molecule has 192 valence electrons. The molecule has 8 heteroatoms. The standard InChI is InChI=1S/C28H33FN2O3S2/c1-21-8-14-26(15-9-21)36(33,34)31(25-6-4-3-5-7-25)20-28(32)30(19-27-22(2)16-17-35-27)18-23-10-12-24(29)13-11-23/h8-17,25H,3-7,18-20H2,1-2H3. The van der Waals surface area contributed by atoms with Gasteiger partial charge in [-0.05, 0) is 73.5 Å². The van der Waals surface area contributed by atoms with Crippen LogP contribution in [-0.4, -0.2) is 36.1 Å². The topological polar surface area (TPSA) is 57.7 Å². The van der Waals surface area contributed by atoms with Crippen LogP contribution in [0.25, 0.3) is 0 Å². The number of halogens is 1. The summed E-state index contributed by atoms with van der Waals surface area (Å²) in [6.07, 6.45) is 4.48. The molecule has 0 radical (unpaired) electrons. The number of thiophene rings is 1. The third-order valence-electron chi connectivity index (χ3n) is 6.84. The quantitative estimate of drug-likeness (QED) is 0.339. The zero-order chi connectivity index (χ0) is 25.7. The van der Waals surface area contributed by atoms with E-state index < -0.39 is 10.0 Å². The van der Waals surface area contributed by atoms with Crippen molar-refractivity contribution in [3.05, 3.63) is 87.4 Å².